The number of nitrogens with zero attached hydrogens (tertiary/aromatic N) is 2. The molecule has 0 spiro atoms. The molecular formula is C16H17BrN2O3. The van der Waals surface area contributed by atoms with Crippen molar-refractivity contribution in [3.63, 3.8) is 0 Å². The van der Waals surface area contributed by atoms with Gasteiger partial charge < -0.3 is 15.1 Å². The van der Waals surface area contributed by atoms with Crippen LogP contribution in [-0.2, 0) is 4.84 Å². The van der Waals surface area contributed by atoms with Crippen LogP contribution in [0.3, 0.4) is 0 Å². The molecule has 0 fully saturated rings. The van der Waals surface area contributed by atoms with Gasteiger partial charge in [-0.1, -0.05) is 21.1 Å². The van der Waals surface area contributed by atoms with Crippen LogP contribution in [0.5, 0.6) is 11.5 Å². The maximum atomic E-state index is 10.1. The molecule has 0 saturated heterocycles. The van der Waals surface area contributed by atoms with Gasteiger partial charge in [0, 0.05) is 16.2 Å². The Morgan fingerprint density at radius 1 is 1.18 bits per heavy atom. The van der Waals surface area contributed by atoms with Crippen LogP contribution in [0.25, 0.3) is 0 Å². The van der Waals surface area contributed by atoms with E-state index in [0.717, 1.165) is 4.47 Å². The Balaban J connectivity index is 2.61. The minimum atomic E-state index is -0.517. The molecule has 22 heavy (non-hydrogen) atoms. The number of hydrogen-bond acceptors (Lipinski definition) is 5. The van der Waals surface area contributed by atoms with Gasteiger partial charge in [-0.3, -0.25) is 4.98 Å². The van der Waals surface area contributed by atoms with Crippen LogP contribution in [0.4, 0.5) is 0 Å². The molecule has 0 unspecified atom stereocenters. The van der Waals surface area contributed by atoms with E-state index in [-0.39, 0.29) is 22.9 Å². The van der Waals surface area contributed by atoms with Crippen LogP contribution in [0.15, 0.2) is 46.2 Å². The Bertz CT molecular complexity index is 709. The summed E-state index contributed by atoms with van der Waals surface area (Å²) < 4.78 is 0.763. The topological polar surface area (TPSA) is 74.9 Å². The fourth-order valence-electron chi connectivity index (χ4n) is 1.68. The molecule has 0 atom stereocenters. The largest absolute Gasteiger partial charge is 0.507 e. The molecule has 5 nitrogen and oxygen atoms in total. The lowest BCUT2D eigenvalue weighted by atomic mass is 10.1. The zero-order valence-corrected chi connectivity index (χ0v) is 14.1. The van der Waals surface area contributed by atoms with E-state index in [1.54, 1.807) is 18.2 Å². The standard InChI is InChI=1S/C16H17BrN2O3/c1-16(2,3)22-19-14(15-13(21)5-4-8-18-15)11-9-10(17)6-7-12(11)20/h4-9,20-21H,1-3H3/b19-14-. The summed E-state index contributed by atoms with van der Waals surface area (Å²) in [6.07, 6.45) is 1.54. The first-order valence-electron chi connectivity index (χ1n) is 6.67. The number of benzene rings is 1. The lowest BCUT2D eigenvalue weighted by Gasteiger charge is -2.17. The lowest BCUT2D eigenvalue weighted by Crippen LogP contribution is -2.18. The van der Waals surface area contributed by atoms with Gasteiger partial charge in [-0.15, -0.1) is 0 Å². The van der Waals surface area contributed by atoms with Crippen molar-refractivity contribution in [2.75, 3.05) is 0 Å². The summed E-state index contributed by atoms with van der Waals surface area (Å²) in [6.45, 7) is 5.56. The van der Waals surface area contributed by atoms with E-state index in [4.69, 9.17) is 4.84 Å². The first kappa shape index (κ1) is 16.3. The number of halogens is 1. The number of hydrogen-bond donors (Lipinski definition) is 2. The van der Waals surface area contributed by atoms with Crippen molar-refractivity contribution >= 4 is 21.6 Å². The average molecular weight is 365 g/mol. The molecule has 0 aliphatic rings. The van der Waals surface area contributed by atoms with Gasteiger partial charge in [0.15, 0.2) is 0 Å². The van der Waals surface area contributed by atoms with Crippen molar-refractivity contribution in [3.8, 4) is 11.5 Å². The fraction of sp³-hybridized carbons (Fsp3) is 0.250. The van der Waals surface area contributed by atoms with E-state index < -0.39 is 5.60 Å². The second-order valence-corrected chi connectivity index (χ2v) is 6.59. The highest BCUT2D eigenvalue weighted by Crippen LogP contribution is 2.28. The summed E-state index contributed by atoms with van der Waals surface area (Å²) in [5.41, 5.74) is 0.386. The summed E-state index contributed by atoms with van der Waals surface area (Å²) in [5.74, 6) is -0.0253. The molecular weight excluding hydrogens is 348 g/mol. The Morgan fingerprint density at radius 2 is 1.91 bits per heavy atom. The van der Waals surface area contributed by atoms with Crippen LogP contribution in [-0.4, -0.2) is 26.5 Å². The van der Waals surface area contributed by atoms with Gasteiger partial charge in [0.25, 0.3) is 0 Å². The highest BCUT2D eigenvalue weighted by atomic mass is 79.9. The van der Waals surface area contributed by atoms with Crippen molar-refractivity contribution in [2.45, 2.75) is 26.4 Å². The molecule has 116 valence electrons. The van der Waals surface area contributed by atoms with Gasteiger partial charge in [0.05, 0.1) is 0 Å². The zero-order valence-electron chi connectivity index (χ0n) is 12.5. The van der Waals surface area contributed by atoms with Crippen LogP contribution >= 0.6 is 15.9 Å². The maximum absolute atomic E-state index is 10.1. The first-order valence-corrected chi connectivity index (χ1v) is 7.46. The number of phenolic OH excluding ortho intramolecular Hbond substituents is 1. The van der Waals surface area contributed by atoms with Gasteiger partial charge in [-0.05, 0) is 51.1 Å². The normalized spacial score (nSPS) is 12.3. The number of aromatic hydroxyl groups is 2. The molecule has 2 aromatic rings. The third-order valence-corrected chi connectivity index (χ3v) is 3.13. The van der Waals surface area contributed by atoms with Crippen molar-refractivity contribution in [1.29, 1.82) is 0 Å². The molecule has 1 aromatic heterocycles. The molecule has 6 heteroatoms. The second kappa shape index (κ2) is 6.36. The van der Waals surface area contributed by atoms with E-state index in [1.807, 2.05) is 20.8 Å². The minimum absolute atomic E-state index is 0.0181. The van der Waals surface area contributed by atoms with E-state index in [0.29, 0.717) is 5.56 Å². The van der Waals surface area contributed by atoms with Gasteiger partial charge in [0.2, 0.25) is 0 Å². The van der Waals surface area contributed by atoms with Gasteiger partial charge in [-0.2, -0.15) is 0 Å². The molecule has 2 N–H and O–H groups in total. The Morgan fingerprint density at radius 3 is 2.55 bits per heavy atom. The molecule has 0 saturated carbocycles. The smallest absolute Gasteiger partial charge is 0.143 e. The van der Waals surface area contributed by atoms with Crippen molar-refractivity contribution in [3.05, 3.63) is 52.3 Å². The minimum Gasteiger partial charge on any atom is -0.507 e. The highest BCUT2D eigenvalue weighted by Gasteiger charge is 2.20. The van der Waals surface area contributed by atoms with Crippen LogP contribution in [0, 0.1) is 0 Å². The zero-order chi connectivity index (χ0) is 16.3. The fourth-order valence-corrected chi connectivity index (χ4v) is 2.04. The molecule has 0 aliphatic heterocycles. The van der Waals surface area contributed by atoms with E-state index in [2.05, 4.69) is 26.1 Å². The van der Waals surface area contributed by atoms with Gasteiger partial charge in [-0.25, -0.2) is 0 Å². The van der Waals surface area contributed by atoms with E-state index >= 15 is 0 Å². The predicted octanol–water partition coefficient (Wildman–Crippen LogP) is 3.82. The highest BCUT2D eigenvalue weighted by molar-refractivity contribution is 9.10. The first-order chi connectivity index (χ1) is 10.3. The number of phenols is 1. The van der Waals surface area contributed by atoms with Gasteiger partial charge in [0.1, 0.15) is 28.5 Å². The summed E-state index contributed by atoms with van der Waals surface area (Å²) in [6, 6.07) is 8.05. The number of rotatable bonds is 3. The van der Waals surface area contributed by atoms with Crippen LogP contribution in [0.2, 0.25) is 0 Å². The van der Waals surface area contributed by atoms with Crippen molar-refractivity contribution < 1.29 is 15.1 Å². The summed E-state index contributed by atoms with van der Waals surface area (Å²) >= 11 is 3.36. The Labute approximate surface area is 137 Å². The Hall–Kier alpha value is -2.08. The predicted molar refractivity (Wildman–Crippen MR) is 88.2 cm³/mol. The summed E-state index contributed by atoms with van der Waals surface area (Å²) in [5, 5.41) is 24.3. The Kier molecular flexibility index (Phi) is 4.71. The summed E-state index contributed by atoms with van der Waals surface area (Å²) in [7, 11) is 0. The lowest BCUT2D eigenvalue weighted by molar-refractivity contribution is 0.00109. The molecule has 0 radical (unpaired) electrons. The number of pyridine rings is 1. The molecule has 2 rings (SSSR count). The second-order valence-electron chi connectivity index (χ2n) is 5.68. The van der Waals surface area contributed by atoms with Gasteiger partial charge >= 0.3 is 0 Å². The number of oxime groups is 1. The monoisotopic (exact) mass is 364 g/mol. The summed E-state index contributed by atoms with van der Waals surface area (Å²) in [4.78, 5) is 9.60. The molecule has 1 aromatic carbocycles. The number of aromatic nitrogens is 1. The molecule has 0 amide bonds. The molecule has 1 heterocycles. The van der Waals surface area contributed by atoms with Crippen LogP contribution < -0.4 is 0 Å². The third-order valence-electron chi connectivity index (χ3n) is 2.64. The van der Waals surface area contributed by atoms with E-state index in [1.165, 1.54) is 18.3 Å². The van der Waals surface area contributed by atoms with Crippen LogP contribution in [0.1, 0.15) is 32.0 Å². The quantitative estimate of drug-likeness (QED) is 0.641. The third kappa shape index (κ3) is 3.98. The molecule has 0 bridgehead atoms. The van der Waals surface area contributed by atoms with Crippen molar-refractivity contribution in [2.24, 2.45) is 5.16 Å². The SMILES string of the molecule is CC(C)(C)O/N=C(/c1cc(Br)ccc1O)c1ncccc1O. The average Bonchev–Trinajstić information content (AvgIpc) is 2.43. The molecule has 0 aliphatic carbocycles. The van der Waals surface area contributed by atoms with E-state index in [9.17, 15) is 10.2 Å². The van der Waals surface area contributed by atoms with Crippen molar-refractivity contribution in [1.82, 2.24) is 4.98 Å². The maximum Gasteiger partial charge on any atom is 0.143 e.